The van der Waals surface area contributed by atoms with Gasteiger partial charge in [-0.25, -0.2) is 0 Å². The summed E-state index contributed by atoms with van der Waals surface area (Å²) in [5, 5.41) is 3.72. The van der Waals surface area contributed by atoms with E-state index in [4.69, 9.17) is 18.3 Å². The van der Waals surface area contributed by atoms with Gasteiger partial charge in [0.15, 0.2) is 5.79 Å². The van der Waals surface area contributed by atoms with E-state index in [9.17, 15) is 9.59 Å². The number of hydrogen-bond donors (Lipinski definition) is 0. The van der Waals surface area contributed by atoms with Crippen LogP contribution in [0.4, 0.5) is 0 Å². The molecule has 0 radical (unpaired) electrons. The minimum Gasteiger partial charge on any atom is -0.401 e. The summed E-state index contributed by atoms with van der Waals surface area (Å²) in [6.45, 7) is 17.0. The van der Waals surface area contributed by atoms with E-state index in [1.807, 2.05) is 86.6 Å². The Morgan fingerprint density at radius 3 is 1.02 bits per heavy atom. The van der Waals surface area contributed by atoms with E-state index >= 15 is 0 Å². The van der Waals surface area contributed by atoms with Crippen LogP contribution >= 0.6 is 0 Å². The van der Waals surface area contributed by atoms with Crippen molar-refractivity contribution in [1.82, 2.24) is 0 Å². The monoisotopic (exact) mass is 722 g/mol. The largest absolute Gasteiger partial charge is 0.401 e. The fourth-order valence-corrected chi connectivity index (χ4v) is 17.3. The molecule has 1 fully saturated rings. The molecule has 4 atom stereocenters. The second-order valence-corrected chi connectivity index (χ2v) is 24.5. The van der Waals surface area contributed by atoms with Gasteiger partial charge in [-0.2, -0.15) is 0 Å². The first-order valence-electron chi connectivity index (χ1n) is 18.0. The molecule has 1 aliphatic rings. The van der Waals surface area contributed by atoms with E-state index in [0.717, 1.165) is 33.3 Å². The van der Waals surface area contributed by atoms with Crippen LogP contribution < -0.4 is 20.7 Å². The van der Waals surface area contributed by atoms with Crippen molar-refractivity contribution in [2.75, 3.05) is 0 Å². The van der Waals surface area contributed by atoms with Gasteiger partial charge in [-0.05, 0) is 44.7 Å². The van der Waals surface area contributed by atoms with Gasteiger partial charge in [0.05, 0.1) is 12.2 Å². The van der Waals surface area contributed by atoms with E-state index in [-0.39, 0.29) is 22.9 Å². The molecule has 51 heavy (non-hydrogen) atoms. The average molecular weight is 723 g/mol. The second-order valence-electron chi connectivity index (χ2n) is 16.0. The highest BCUT2D eigenvalue weighted by Crippen LogP contribution is 2.44. The molecule has 4 aromatic rings. The van der Waals surface area contributed by atoms with Crippen LogP contribution in [0.2, 0.25) is 10.1 Å². The summed E-state index contributed by atoms with van der Waals surface area (Å²) in [5.41, 5.74) is 0. The predicted octanol–water partition coefficient (Wildman–Crippen LogP) is 6.57. The summed E-state index contributed by atoms with van der Waals surface area (Å²) in [4.78, 5) is 25.3. The predicted molar refractivity (Wildman–Crippen MR) is 210 cm³/mol. The number of carbonyl (C=O) groups excluding carboxylic acids is 2. The molecule has 270 valence electrons. The van der Waals surface area contributed by atoms with Crippen molar-refractivity contribution >= 4 is 50.0 Å². The number of carbonyl (C=O) groups is 2. The van der Waals surface area contributed by atoms with Gasteiger partial charge in [0.1, 0.15) is 24.8 Å². The topological polar surface area (TPSA) is 71.1 Å². The maximum absolute atomic E-state index is 12.6. The SMILES string of the molecule is CC1(C)O[C@H]([C@@H](CC=O)O[Si](c2ccccc2)(c2ccccc2)C(C)(C)C)[C@@H]([C@@H](CC=O)O[Si](c2ccccc2)(c2ccccc2)C(C)(C)C)O1. The van der Waals surface area contributed by atoms with Crippen molar-refractivity contribution in [3.63, 3.8) is 0 Å². The fourth-order valence-electron chi connectivity index (χ4n) is 7.92. The van der Waals surface area contributed by atoms with Gasteiger partial charge in [-0.3, -0.25) is 0 Å². The maximum Gasteiger partial charge on any atom is 0.261 e. The third-order valence-electron chi connectivity index (χ3n) is 10.0. The Balaban J connectivity index is 1.68. The lowest BCUT2D eigenvalue weighted by molar-refractivity contribution is -0.160. The van der Waals surface area contributed by atoms with E-state index < -0.39 is 46.8 Å². The highest BCUT2D eigenvalue weighted by atomic mass is 28.4. The smallest absolute Gasteiger partial charge is 0.261 e. The molecule has 5 rings (SSSR count). The quantitative estimate of drug-likeness (QED) is 0.108. The van der Waals surface area contributed by atoms with Crippen molar-refractivity contribution in [3.05, 3.63) is 121 Å². The molecule has 4 aromatic carbocycles. The molecule has 0 N–H and O–H groups in total. The lowest BCUT2D eigenvalue weighted by Crippen LogP contribution is -2.70. The van der Waals surface area contributed by atoms with E-state index in [2.05, 4.69) is 90.1 Å². The molecule has 0 unspecified atom stereocenters. The third kappa shape index (κ3) is 7.82. The van der Waals surface area contributed by atoms with Gasteiger partial charge in [-0.1, -0.05) is 163 Å². The van der Waals surface area contributed by atoms with Gasteiger partial charge in [0.25, 0.3) is 16.6 Å². The molecule has 1 aliphatic heterocycles. The van der Waals surface area contributed by atoms with Gasteiger partial charge in [0, 0.05) is 12.8 Å². The molecule has 0 bridgehead atoms. The first kappa shape index (κ1) is 38.7. The minimum absolute atomic E-state index is 0.0815. The molecule has 1 heterocycles. The van der Waals surface area contributed by atoms with Gasteiger partial charge in [-0.15, -0.1) is 0 Å². The highest BCUT2D eigenvalue weighted by molar-refractivity contribution is 7.00. The zero-order valence-corrected chi connectivity index (χ0v) is 33.4. The summed E-state index contributed by atoms with van der Waals surface area (Å²) < 4.78 is 28.7. The number of aldehydes is 2. The molecule has 1 saturated heterocycles. The number of benzene rings is 4. The lowest BCUT2D eigenvalue weighted by atomic mass is 10.00. The maximum atomic E-state index is 12.6. The summed E-state index contributed by atoms with van der Waals surface area (Å²) in [6.07, 6.45) is -0.839. The molecule has 0 aliphatic carbocycles. The van der Waals surface area contributed by atoms with Gasteiger partial charge >= 0.3 is 0 Å². The second kappa shape index (κ2) is 15.6. The fraction of sp³-hybridized carbons (Fsp3) is 0.395. The zero-order chi connectivity index (χ0) is 36.9. The number of rotatable bonds is 14. The molecular formula is C43H54O6Si2. The van der Waals surface area contributed by atoms with Crippen LogP contribution in [-0.4, -0.2) is 59.4 Å². The Hall–Kier alpha value is -3.51. The standard InChI is InChI=1S/C43H54O6Si2/c1-41(2,3)50(33-21-13-9-14-22-33,34-23-15-10-16-24-34)48-37(29-31-44)39-40(47-43(7,8)46-39)38(30-32-45)49-51(42(4,5)6,35-25-17-11-18-26-35)36-27-19-12-20-28-36/h9-28,31-32,37-40H,29-30H2,1-8H3/t37-,38-,39-,40-/m1/s1. The average Bonchev–Trinajstić information content (AvgIpc) is 3.44. The van der Waals surface area contributed by atoms with Gasteiger partial charge < -0.3 is 27.9 Å². The third-order valence-corrected chi connectivity index (χ3v) is 20.2. The van der Waals surface area contributed by atoms with Crippen LogP contribution in [0.25, 0.3) is 0 Å². The Morgan fingerprint density at radius 2 is 0.804 bits per heavy atom. The Labute approximate surface area is 306 Å². The van der Waals surface area contributed by atoms with Crippen LogP contribution in [-0.2, 0) is 27.9 Å². The normalized spacial score (nSPS) is 19.3. The van der Waals surface area contributed by atoms with Crippen LogP contribution in [0.1, 0.15) is 68.2 Å². The molecule has 8 heteroatoms. The molecule has 0 amide bonds. The summed E-state index contributed by atoms with van der Waals surface area (Å²) in [7, 11) is -6.25. The van der Waals surface area contributed by atoms with E-state index in [0.29, 0.717) is 0 Å². The summed E-state index contributed by atoms with van der Waals surface area (Å²) in [6, 6.07) is 41.5. The van der Waals surface area contributed by atoms with Gasteiger partial charge in [0.2, 0.25) is 0 Å². The van der Waals surface area contributed by atoms with Crippen LogP contribution in [0, 0.1) is 0 Å². The lowest BCUT2D eigenvalue weighted by Gasteiger charge is -2.48. The summed E-state index contributed by atoms with van der Waals surface area (Å²) >= 11 is 0. The first-order chi connectivity index (χ1) is 24.2. The minimum atomic E-state index is -3.12. The van der Waals surface area contributed by atoms with Crippen molar-refractivity contribution in [2.45, 2.75) is 109 Å². The number of ether oxygens (including phenoxy) is 2. The van der Waals surface area contributed by atoms with Crippen molar-refractivity contribution in [1.29, 1.82) is 0 Å². The van der Waals surface area contributed by atoms with Crippen molar-refractivity contribution in [2.24, 2.45) is 0 Å². The Kier molecular flexibility index (Phi) is 11.9. The number of hydrogen-bond acceptors (Lipinski definition) is 6. The Bertz CT molecular complexity index is 1500. The van der Waals surface area contributed by atoms with Crippen LogP contribution in [0.15, 0.2) is 121 Å². The molecule has 0 spiro atoms. The molecular weight excluding hydrogens is 669 g/mol. The Morgan fingerprint density at radius 1 is 0.549 bits per heavy atom. The molecule has 0 saturated carbocycles. The zero-order valence-electron chi connectivity index (χ0n) is 31.4. The highest BCUT2D eigenvalue weighted by Gasteiger charge is 2.58. The molecule has 0 aromatic heterocycles. The van der Waals surface area contributed by atoms with Crippen molar-refractivity contribution in [3.8, 4) is 0 Å². The summed E-state index contributed by atoms with van der Waals surface area (Å²) in [5.74, 6) is -1.03. The van der Waals surface area contributed by atoms with Crippen LogP contribution in [0.5, 0.6) is 0 Å². The van der Waals surface area contributed by atoms with Crippen LogP contribution in [0.3, 0.4) is 0 Å². The van der Waals surface area contributed by atoms with Crippen molar-refractivity contribution < 1.29 is 27.9 Å². The molecule has 6 nitrogen and oxygen atoms in total. The van der Waals surface area contributed by atoms with E-state index in [1.165, 1.54) is 0 Å². The van der Waals surface area contributed by atoms with E-state index in [1.54, 1.807) is 0 Å². The first-order valence-corrected chi connectivity index (χ1v) is 21.8.